The third kappa shape index (κ3) is 14.2. The lowest BCUT2D eigenvalue weighted by atomic mass is 10.1. The van der Waals surface area contributed by atoms with Gasteiger partial charge in [0.2, 0.25) is 5.91 Å². The molecule has 1 rings (SSSR count). The number of amides is 2. The normalized spacial score (nSPS) is 11.1. The predicted molar refractivity (Wildman–Crippen MR) is 139 cm³/mol. The van der Waals surface area contributed by atoms with Crippen molar-refractivity contribution < 1.29 is 9.59 Å². The molecule has 0 spiro atoms. The first-order valence-electron chi connectivity index (χ1n) is 12.2. The molecule has 0 bridgehead atoms. The van der Waals surface area contributed by atoms with Gasteiger partial charge in [-0.25, -0.2) is 0 Å². The zero-order valence-electron chi connectivity index (χ0n) is 20.5. The van der Waals surface area contributed by atoms with Crippen LogP contribution in [0.1, 0.15) is 115 Å². The summed E-state index contributed by atoms with van der Waals surface area (Å²) in [6, 6.07) is 7.03. The number of carbonyl (C=O) groups is 2. The number of hydrogen-bond acceptors (Lipinski definition) is 3. The molecule has 180 valence electrons. The lowest BCUT2D eigenvalue weighted by Crippen LogP contribution is -2.40. The van der Waals surface area contributed by atoms with E-state index in [1.807, 2.05) is 20.8 Å². The van der Waals surface area contributed by atoms with Crippen molar-refractivity contribution in [3.8, 4) is 0 Å². The standard InChI is InChI=1S/C26H43N3O2S/c1-5-6-7-8-9-10-11-12-13-14-15-16-23(30)28-25(32)27-22-19-17-21(18-20-22)24(31)29-26(2,3)4/h17-20H,5-16H2,1-4H3,(H,29,31)(H2,27,28,30,32). The summed E-state index contributed by atoms with van der Waals surface area (Å²) < 4.78 is 0. The summed E-state index contributed by atoms with van der Waals surface area (Å²) in [6.07, 6.45) is 14.4. The zero-order chi connectivity index (χ0) is 23.8. The first kappa shape index (κ1) is 28.1. The molecule has 32 heavy (non-hydrogen) atoms. The SMILES string of the molecule is CCCCCCCCCCCCCC(=O)NC(=S)Nc1ccc(C(=O)NC(C)(C)C)cc1. The molecule has 0 fully saturated rings. The number of nitrogens with one attached hydrogen (secondary N) is 3. The lowest BCUT2D eigenvalue weighted by Gasteiger charge is -2.20. The summed E-state index contributed by atoms with van der Waals surface area (Å²) in [5.74, 6) is -0.175. The van der Waals surface area contributed by atoms with E-state index >= 15 is 0 Å². The Morgan fingerprint density at radius 1 is 0.812 bits per heavy atom. The van der Waals surface area contributed by atoms with Crippen molar-refractivity contribution in [2.75, 3.05) is 5.32 Å². The van der Waals surface area contributed by atoms with Gasteiger partial charge in [-0.3, -0.25) is 9.59 Å². The summed E-state index contributed by atoms with van der Waals surface area (Å²) in [4.78, 5) is 24.3. The number of unbranched alkanes of at least 4 members (excludes halogenated alkanes) is 10. The van der Waals surface area contributed by atoms with Crippen LogP contribution in [-0.4, -0.2) is 22.5 Å². The van der Waals surface area contributed by atoms with Gasteiger partial charge in [-0.2, -0.15) is 0 Å². The van der Waals surface area contributed by atoms with Crippen LogP contribution in [0.2, 0.25) is 0 Å². The lowest BCUT2D eigenvalue weighted by molar-refractivity contribution is -0.119. The molecule has 3 N–H and O–H groups in total. The summed E-state index contributed by atoms with van der Waals surface area (Å²) in [6.45, 7) is 8.08. The first-order chi connectivity index (χ1) is 15.2. The molecule has 0 heterocycles. The van der Waals surface area contributed by atoms with Crippen LogP contribution < -0.4 is 16.0 Å². The highest BCUT2D eigenvalue weighted by molar-refractivity contribution is 7.80. The van der Waals surface area contributed by atoms with Crippen LogP contribution in [0.3, 0.4) is 0 Å². The second-order valence-corrected chi connectivity index (χ2v) is 9.98. The topological polar surface area (TPSA) is 70.2 Å². The van der Waals surface area contributed by atoms with Crippen LogP contribution in [0, 0.1) is 0 Å². The molecular formula is C26H43N3O2S. The highest BCUT2D eigenvalue weighted by Crippen LogP contribution is 2.13. The van der Waals surface area contributed by atoms with Gasteiger partial charge in [0.1, 0.15) is 0 Å². The molecule has 0 saturated carbocycles. The Kier molecular flexibility index (Phi) is 13.9. The Morgan fingerprint density at radius 2 is 1.31 bits per heavy atom. The van der Waals surface area contributed by atoms with Gasteiger partial charge >= 0.3 is 0 Å². The van der Waals surface area contributed by atoms with Crippen LogP contribution in [0.5, 0.6) is 0 Å². The van der Waals surface area contributed by atoms with Gasteiger partial charge in [0, 0.05) is 23.2 Å². The Morgan fingerprint density at radius 3 is 1.81 bits per heavy atom. The van der Waals surface area contributed by atoms with Crippen LogP contribution in [0.4, 0.5) is 5.69 Å². The maximum atomic E-state index is 12.2. The van der Waals surface area contributed by atoms with Crippen LogP contribution in [0.25, 0.3) is 0 Å². The number of benzene rings is 1. The zero-order valence-corrected chi connectivity index (χ0v) is 21.3. The van der Waals surface area contributed by atoms with Gasteiger partial charge in [0.25, 0.3) is 5.91 Å². The maximum Gasteiger partial charge on any atom is 0.251 e. The van der Waals surface area contributed by atoms with Gasteiger partial charge < -0.3 is 16.0 Å². The molecule has 0 atom stereocenters. The number of anilines is 1. The minimum atomic E-state index is -0.284. The quantitative estimate of drug-likeness (QED) is 0.212. The number of thiocarbonyl (C=S) groups is 1. The Hall–Kier alpha value is -1.95. The molecule has 1 aromatic rings. The molecule has 0 saturated heterocycles. The van der Waals surface area contributed by atoms with Crippen molar-refractivity contribution in [3.63, 3.8) is 0 Å². The predicted octanol–water partition coefficient (Wildman–Crippen LogP) is 6.73. The Bertz CT molecular complexity index is 696. The van der Waals surface area contributed by atoms with E-state index in [2.05, 4.69) is 22.9 Å². The molecule has 0 aliphatic heterocycles. The third-order valence-electron chi connectivity index (χ3n) is 5.15. The molecule has 1 aromatic carbocycles. The molecule has 0 aromatic heterocycles. The van der Waals surface area contributed by atoms with Crippen molar-refractivity contribution >= 4 is 34.8 Å². The van der Waals surface area contributed by atoms with E-state index in [-0.39, 0.29) is 22.5 Å². The molecule has 2 amide bonds. The van der Waals surface area contributed by atoms with Gasteiger partial charge in [-0.05, 0) is 63.7 Å². The van der Waals surface area contributed by atoms with Gasteiger partial charge in [0.15, 0.2) is 5.11 Å². The van der Waals surface area contributed by atoms with Gasteiger partial charge in [-0.15, -0.1) is 0 Å². The fourth-order valence-electron chi connectivity index (χ4n) is 3.42. The average molecular weight is 462 g/mol. The molecule has 6 heteroatoms. The summed E-state index contributed by atoms with van der Waals surface area (Å²) in [5, 5.41) is 8.94. The van der Waals surface area contributed by atoms with Crippen LogP contribution in [0.15, 0.2) is 24.3 Å². The third-order valence-corrected chi connectivity index (χ3v) is 5.36. The van der Waals surface area contributed by atoms with Crippen LogP contribution in [-0.2, 0) is 4.79 Å². The maximum absolute atomic E-state index is 12.2. The van der Waals surface area contributed by atoms with Crippen molar-refractivity contribution in [2.45, 2.75) is 110 Å². The van der Waals surface area contributed by atoms with E-state index in [0.29, 0.717) is 12.0 Å². The van der Waals surface area contributed by atoms with E-state index in [9.17, 15) is 9.59 Å². The van der Waals surface area contributed by atoms with E-state index in [1.54, 1.807) is 24.3 Å². The minimum absolute atomic E-state index is 0.0559. The first-order valence-corrected chi connectivity index (χ1v) is 12.7. The molecule has 0 radical (unpaired) electrons. The monoisotopic (exact) mass is 461 g/mol. The van der Waals surface area contributed by atoms with Crippen molar-refractivity contribution in [3.05, 3.63) is 29.8 Å². The van der Waals surface area contributed by atoms with E-state index < -0.39 is 0 Å². The van der Waals surface area contributed by atoms with E-state index in [1.165, 1.54) is 57.8 Å². The number of hydrogen-bond donors (Lipinski definition) is 3. The number of rotatable bonds is 14. The molecule has 5 nitrogen and oxygen atoms in total. The Labute approximate surface area is 200 Å². The number of carbonyl (C=O) groups excluding carboxylic acids is 2. The summed E-state index contributed by atoms with van der Waals surface area (Å²) in [7, 11) is 0. The van der Waals surface area contributed by atoms with Crippen molar-refractivity contribution in [1.82, 2.24) is 10.6 Å². The second kappa shape index (κ2) is 15.8. The fraction of sp³-hybridized carbons (Fsp3) is 0.654. The van der Waals surface area contributed by atoms with Crippen LogP contribution >= 0.6 is 12.2 Å². The fourth-order valence-corrected chi connectivity index (χ4v) is 3.65. The summed E-state index contributed by atoms with van der Waals surface area (Å²) in [5.41, 5.74) is 1.03. The van der Waals surface area contributed by atoms with Gasteiger partial charge in [0.05, 0.1) is 0 Å². The summed E-state index contributed by atoms with van der Waals surface area (Å²) >= 11 is 5.23. The Balaban J connectivity index is 2.15. The van der Waals surface area contributed by atoms with Crippen molar-refractivity contribution in [2.24, 2.45) is 0 Å². The molecule has 0 unspecified atom stereocenters. The molecule has 0 aliphatic rings. The highest BCUT2D eigenvalue weighted by Gasteiger charge is 2.15. The second-order valence-electron chi connectivity index (χ2n) is 9.57. The molecular weight excluding hydrogens is 418 g/mol. The smallest absolute Gasteiger partial charge is 0.251 e. The van der Waals surface area contributed by atoms with Gasteiger partial charge in [-0.1, -0.05) is 71.1 Å². The molecule has 0 aliphatic carbocycles. The van der Waals surface area contributed by atoms with Crippen molar-refractivity contribution in [1.29, 1.82) is 0 Å². The van der Waals surface area contributed by atoms with E-state index in [0.717, 1.165) is 18.5 Å². The average Bonchev–Trinajstić information content (AvgIpc) is 2.71. The highest BCUT2D eigenvalue weighted by atomic mass is 32.1. The van der Waals surface area contributed by atoms with E-state index in [4.69, 9.17) is 12.2 Å². The largest absolute Gasteiger partial charge is 0.347 e. The minimum Gasteiger partial charge on any atom is -0.347 e.